The van der Waals surface area contributed by atoms with Gasteiger partial charge >= 0.3 is 12.3 Å². The zero-order valence-electron chi connectivity index (χ0n) is 20.2. The summed E-state index contributed by atoms with van der Waals surface area (Å²) in [6, 6.07) is 8.44. The van der Waals surface area contributed by atoms with Gasteiger partial charge in [0.2, 0.25) is 5.88 Å². The van der Waals surface area contributed by atoms with Crippen molar-refractivity contribution in [1.82, 2.24) is 9.88 Å². The fourth-order valence-electron chi connectivity index (χ4n) is 4.64. The molecule has 1 amide bonds. The summed E-state index contributed by atoms with van der Waals surface area (Å²) in [5.41, 5.74) is -2.03. The molecule has 1 saturated heterocycles. The summed E-state index contributed by atoms with van der Waals surface area (Å²) in [6.07, 6.45) is -2.55. The fraction of sp³-hybridized carbons (Fsp3) is 0.500. The summed E-state index contributed by atoms with van der Waals surface area (Å²) in [6.45, 7) is 2.33. The van der Waals surface area contributed by atoms with Crippen LogP contribution in [0, 0.1) is 10.1 Å². The molecular formula is C24H28F3N5O5. The maximum absolute atomic E-state index is 13.3. The molecular weight excluding hydrogens is 495 g/mol. The van der Waals surface area contributed by atoms with Gasteiger partial charge in [-0.3, -0.25) is 10.1 Å². The second-order valence-electron chi connectivity index (χ2n) is 9.00. The summed E-state index contributed by atoms with van der Waals surface area (Å²) >= 11 is 0. The molecule has 1 saturated carbocycles. The lowest BCUT2D eigenvalue weighted by molar-refractivity contribution is -0.388. The van der Waals surface area contributed by atoms with E-state index >= 15 is 0 Å². The Kier molecular flexibility index (Phi) is 7.89. The number of benzene rings is 1. The van der Waals surface area contributed by atoms with Gasteiger partial charge in [0.05, 0.1) is 12.0 Å². The number of amides is 1. The largest absolute Gasteiger partial charge is 0.474 e. The quantitative estimate of drug-likeness (QED) is 0.429. The minimum atomic E-state index is -4.82. The third kappa shape index (κ3) is 6.52. The van der Waals surface area contributed by atoms with Gasteiger partial charge in [-0.05, 0) is 43.9 Å². The molecule has 4 rings (SSSR count). The average Bonchev–Trinajstić information content (AvgIpc) is 2.89. The topological polar surface area (TPSA) is 110 Å². The van der Waals surface area contributed by atoms with Gasteiger partial charge < -0.3 is 24.6 Å². The second-order valence-corrected chi connectivity index (χ2v) is 9.00. The molecule has 1 aliphatic heterocycles. The maximum atomic E-state index is 13.3. The van der Waals surface area contributed by atoms with Crippen LogP contribution in [0.5, 0.6) is 5.88 Å². The average molecular weight is 524 g/mol. The Morgan fingerprint density at radius 1 is 1.11 bits per heavy atom. The molecule has 200 valence electrons. The van der Waals surface area contributed by atoms with E-state index in [-0.39, 0.29) is 23.9 Å². The smallest absolute Gasteiger partial charge is 0.423 e. The number of nitrogens with one attached hydrogen (secondary N) is 1. The standard InChI is InChI=1S/C24H28F3N5O5/c1-36-23(33)31-13-11-30(12-14-31)21-3-2-4-22(29-21)37-18-8-5-16(6-9-18)28-17-7-10-20(32(34)35)19(15-17)24(25,26)27/h2-4,7,10,15-16,18,28H,5-6,8-9,11-14H2,1H3. The van der Waals surface area contributed by atoms with E-state index in [9.17, 15) is 28.1 Å². The van der Waals surface area contributed by atoms with E-state index in [1.807, 2.05) is 12.1 Å². The van der Waals surface area contributed by atoms with Crippen molar-refractivity contribution >= 4 is 23.3 Å². The number of anilines is 2. The lowest BCUT2D eigenvalue weighted by atomic mass is 9.92. The third-order valence-electron chi connectivity index (χ3n) is 6.58. The zero-order chi connectivity index (χ0) is 26.6. The number of alkyl halides is 3. The number of piperazine rings is 1. The van der Waals surface area contributed by atoms with Gasteiger partial charge in [0.25, 0.3) is 5.69 Å². The van der Waals surface area contributed by atoms with Gasteiger partial charge in [-0.25, -0.2) is 4.79 Å². The van der Waals surface area contributed by atoms with Gasteiger partial charge in [0.1, 0.15) is 17.5 Å². The van der Waals surface area contributed by atoms with Crippen molar-refractivity contribution in [3.63, 3.8) is 0 Å². The normalized spacial score (nSPS) is 20.3. The predicted octanol–water partition coefficient (Wildman–Crippen LogP) is 4.70. The molecule has 13 heteroatoms. The van der Waals surface area contributed by atoms with Crippen molar-refractivity contribution in [3.8, 4) is 5.88 Å². The van der Waals surface area contributed by atoms with Crippen molar-refractivity contribution in [2.24, 2.45) is 0 Å². The van der Waals surface area contributed by atoms with E-state index in [1.54, 1.807) is 11.0 Å². The number of hydrogen-bond acceptors (Lipinski definition) is 8. The number of aromatic nitrogens is 1. The van der Waals surface area contributed by atoms with E-state index in [1.165, 1.54) is 13.2 Å². The van der Waals surface area contributed by atoms with Gasteiger partial charge in [0.15, 0.2) is 0 Å². The number of pyridine rings is 1. The highest BCUT2D eigenvalue weighted by Gasteiger charge is 2.38. The molecule has 10 nitrogen and oxygen atoms in total. The van der Waals surface area contributed by atoms with E-state index in [0.717, 1.165) is 18.0 Å². The Labute approximate surface area is 211 Å². The summed E-state index contributed by atoms with van der Waals surface area (Å²) in [7, 11) is 1.36. The molecule has 0 bridgehead atoms. The Morgan fingerprint density at radius 2 is 1.81 bits per heavy atom. The van der Waals surface area contributed by atoms with Crippen LogP contribution < -0.4 is 15.0 Å². The highest BCUT2D eigenvalue weighted by molar-refractivity contribution is 5.67. The van der Waals surface area contributed by atoms with Crippen LogP contribution in [0.4, 0.5) is 35.2 Å². The van der Waals surface area contributed by atoms with E-state index in [0.29, 0.717) is 57.7 Å². The number of carbonyl (C=O) groups is 1. The van der Waals surface area contributed by atoms with Crippen molar-refractivity contribution < 1.29 is 32.4 Å². The molecule has 1 aromatic heterocycles. The Morgan fingerprint density at radius 3 is 2.43 bits per heavy atom. The van der Waals surface area contributed by atoms with E-state index in [2.05, 4.69) is 15.2 Å². The SMILES string of the molecule is COC(=O)N1CCN(c2cccc(OC3CCC(Nc4ccc([N+](=O)[O-])c(C(F)(F)F)c4)CC3)n2)CC1. The zero-order valence-corrected chi connectivity index (χ0v) is 20.2. The Hall–Kier alpha value is -3.77. The lowest BCUT2D eigenvalue weighted by Gasteiger charge is -2.34. The third-order valence-corrected chi connectivity index (χ3v) is 6.58. The van der Waals surface area contributed by atoms with Gasteiger partial charge in [-0.1, -0.05) is 6.07 Å². The predicted molar refractivity (Wildman–Crippen MR) is 129 cm³/mol. The molecule has 1 N–H and O–H groups in total. The van der Waals surface area contributed by atoms with Gasteiger partial charge in [-0.15, -0.1) is 0 Å². The van der Waals surface area contributed by atoms with Crippen LogP contribution in [0.25, 0.3) is 0 Å². The number of methoxy groups -OCH3 is 1. The Bertz CT molecular complexity index is 1120. The van der Waals surface area contributed by atoms with Gasteiger partial charge in [-0.2, -0.15) is 18.2 Å². The second kappa shape index (κ2) is 11.1. The van der Waals surface area contributed by atoms with Crippen LogP contribution in [-0.2, 0) is 10.9 Å². The monoisotopic (exact) mass is 523 g/mol. The minimum absolute atomic E-state index is 0.0761. The van der Waals surface area contributed by atoms with Crippen molar-refractivity contribution in [2.75, 3.05) is 43.5 Å². The van der Waals surface area contributed by atoms with Crippen molar-refractivity contribution in [2.45, 2.75) is 44.0 Å². The molecule has 2 heterocycles. The summed E-state index contributed by atoms with van der Waals surface area (Å²) in [4.78, 5) is 29.9. The molecule has 0 spiro atoms. The number of halogens is 3. The first-order valence-corrected chi connectivity index (χ1v) is 12.0. The van der Waals surface area contributed by atoms with Crippen LogP contribution in [0.2, 0.25) is 0 Å². The maximum Gasteiger partial charge on any atom is 0.423 e. The summed E-state index contributed by atoms with van der Waals surface area (Å²) in [5, 5.41) is 14.0. The first kappa shape index (κ1) is 26.3. The van der Waals surface area contributed by atoms with E-state index < -0.39 is 22.4 Å². The van der Waals surface area contributed by atoms with Crippen LogP contribution >= 0.6 is 0 Å². The van der Waals surface area contributed by atoms with Crippen molar-refractivity contribution in [3.05, 3.63) is 52.1 Å². The first-order chi connectivity index (χ1) is 17.6. The molecule has 1 aromatic carbocycles. The molecule has 0 unspecified atom stereocenters. The molecule has 0 radical (unpaired) electrons. The number of carbonyl (C=O) groups excluding carboxylic acids is 1. The van der Waals surface area contributed by atoms with Crippen LogP contribution in [0.15, 0.2) is 36.4 Å². The van der Waals surface area contributed by atoms with E-state index in [4.69, 9.17) is 9.47 Å². The van der Waals surface area contributed by atoms with Gasteiger partial charge in [0, 0.05) is 50.0 Å². The molecule has 37 heavy (non-hydrogen) atoms. The molecule has 2 fully saturated rings. The van der Waals surface area contributed by atoms with Crippen LogP contribution in [-0.4, -0.2) is 66.3 Å². The number of nitrogens with zero attached hydrogens (tertiary/aromatic N) is 4. The Balaban J connectivity index is 1.30. The molecule has 1 aliphatic carbocycles. The fourth-order valence-corrected chi connectivity index (χ4v) is 4.64. The molecule has 0 atom stereocenters. The number of ether oxygens (including phenoxy) is 2. The van der Waals surface area contributed by atoms with Crippen molar-refractivity contribution in [1.29, 1.82) is 0 Å². The highest BCUT2D eigenvalue weighted by atomic mass is 19.4. The number of nitro groups is 1. The number of rotatable bonds is 6. The molecule has 2 aliphatic rings. The highest BCUT2D eigenvalue weighted by Crippen LogP contribution is 2.38. The number of hydrogen-bond donors (Lipinski definition) is 1. The van der Waals surface area contributed by atoms with Crippen LogP contribution in [0.1, 0.15) is 31.2 Å². The first-order valence-electron chi connectivity index (χ1n) is 12.0. The summed E-state index contributed by atoms with van der Waals surface area (Å²) < 4.78 is 50.6. The minimum Gasteiger partial charge on any atom is -0.474 e. The summed E-state index contributed by atoms with van der Waals surface area (Å²) in [5.74, 6) is 1.26. The lowest BCUT2D eigenvalue weighted by Crippen LogP contribution is -2.49. The van der Waals surface area contributed by atoms with Crippen LogP contribution in [0.3, 0.4) is 0 Å². The number of nitro benzene ring substituents is 1. The molecule has 2 aromatic rings.